The molecule has 29 heavy (non-hydrogen) atoms. The minimum atomic E-state index is -1.14. The van der Waals surface area contributed by atoms with Crippen LogP contribution in [0, 0.1) is 23.4 Å². The molecule has 156 valence electrons. The van der Waals surface area contributed by atoms with Gasteiger partial charge in [-0.3, -0.25) is 0 Å². The van der Waals surface area contributed by atoms with Crippen LogP contribution in [0.4, 0.5) is 13.2 Å². The van der Waals surface area contributed by atoms with Crippen molar-refractivity contribution in [1.29, 1.82) is 0 Å². The van der Waals surface area contributed by atoms with Gasteiger partial charge >= 0.3 is 0 Å². The molecule has 0 N–H and O–H groups in total. The minimum absolute atomic E-state index is 0.0112. The van der Waals surface area contributed by atoms with E-state index in [0.717, 1.165) is 24.8 Å². The fraction of sp³-hybridized carbons (Fsp3) is 0.417. The molecule has 2 aromatic rings. The van der Waals surface area contributed by atoms with E-state index in [1.165, 1.54) is 43.2 Å². The highest BCUT2D eigenvalue weighted by atomic mass is 19.2. The molecule has 1 fully saturated rings. The Morgan fingerprint density at radius 1 is 1.10 bits per heavy atom. The smallest absolute Gasteiger partial charge is 0.201 e. The van der Waals surface area contributed by atoms with Crippen molar-refractivity contribution in [3.8, 4) is 16.9 Å². The highest BCUT2D eigenvalue weighted by Crippen LogP contribution is 2.36. The predicted molar refractivity (Wildman–Crippen MR) is 108 cm³/mol. The highest BCUT2D eigenvalue weighted by Gasteiger charge is 2.24. The molecule has 2 unspecified atom stereocenters. The summed E-state index contributed by atoms with van der Waals surface area (Å²) in [4.78, 5) is 0. The molecule has 1 heterocycles. The second-order valence-corrected chi connectivity index (χ2v) is 7.49. The summed E-state index contributed by atoms with van der Waals surface area (Å²) >= 11 is 0. The Morgan fingerprint density at radius 3 is 2.55 bits per heavy atom. The molecule has 3 rings (SSSR count). The Kier molecular flexibility index (Phi) is 7.37. The number of benzene rings is 2. The summed E-state index contributed by atoms with van der Waals surface area (Å²) in [6, 6.07) is 7.20. The molecule has 2 nitrogen and oxygen atoms in total. The normalized spacial score (nSPS) is 19.2. The summed E-state index contributed by atoms with van der Waals surface area (Å²) in [6.07, 6.45) is 6.70. The van der Waals surface area contributed by atoms with E-state index < -0.39 is 17.5 Å². The van der Waals surface area contributed by atoms with Crippen molar-refractivity contribution in [3.63, 3.8) is 0 Å². The van der Waals surface area contributed by atoms with Gasteiger partial charge in [0.25, 0.3) is 0 Å². The molecule has 2 atom stereocenters. The van der Waals surface area contributed by atoms with E-state index in [9.17, 15) is 13.2 Å². The van der Waals surface area contributed by atoms with Crippen LogP contribution < -0.4 is 4.74 Å². The lowest BCUT2D eigenvalue weighted by Gasteiger charge is -2.29. The zero-order valence-corrected chi connectivity index (χ0v) is 16.7. The lowest BCUT2D eigenvalue weighted by molar-refractivity contribution is -0.0199. The molecule has 1 aliphatic heterocycles. The Balaban J connectivity index is 1.75. The van der Waals surface area contributed by atoms with Gasteiger partial charge in [-0.05, 0) is 48.9 Å². The van der Waals surface area contributed by atoms with Crippen LogP contribution in [-0.2, 0) is 4.74 Å². The van der Waals surface area contributed by atoms with E-state index in [1.54, 1.807) is 6.07 Å². The molecule has 0 spiro atoms. The third-order valence-electron chi connectivity index (χ3n) is 5.39. The maximum atomic E-state index is 14.8. The molecular weight excluding hydrogens is 377 g/mol. The lowest BCUT2D eigenvalue weighted by Crippen LogP contribution is -2.20. The average molecular weight is 404 g/mol. The Labute approximate surface area is 170 Å². The lowest BCUT2D eigenvalue weighted by atomic mass is 9.90. The first-order valence-corrected chi connectivity index (χ1v) is 10.2. The van der Waals surface area contributed by atoms with Crippen LogP contribution in [0.2, 0.25) is 0 Å². The summed E-state index contributed by atoms with van der Waals surface area (Å²) in [5.74, 6) is -2.53. The van der Waals surface area contributed by atoms with Crippen LogP contribution in [0.3, 0.4) is 0 Å². The van der Waals surface area contributed by atoms with Crippen LogP contribution in [0.25, 0.3) is 11.1 Å². The Hall–Kier alpha value is -2.27. The van der Waals surface area contributed by atoms with Crippen molar-refractivity contribution in [2.75, 3.05) is 13.2 Å². The largest absolute Gasteiger partial charge is 0.486 e. The van der Waals surface area contributed by atoms with E-state index in [0.29, 0.717) is 12.5 Å². The van der Waals surface area contributed by atoms with Gasteiger partial charge in [-0.25, -0.2) is 8.78 Å². The number of rotatable bonds is 8. The molecule has 0 radical (unpaired) electrons. The van der Waals surface area contributed by atoms with Gasteiger partial charge in [-0.1, -0.05) is 44.6 Å². The van der Waals surface area contributed by atoms with Crippen LogP contribution in [-0.4, -0.2) is 13.2 Å². The fourth-order valence-electron chi connectivity index (χ4n) is 3.74. The predicted octanol–water partition coefficient (Wildman–Crippen LogP) is 6.99. The maximum absolute atomic E-state index is 14.8. The topological polar surface area (TPSA) is 18.5 Å². The first kappa shape index (κ1) is 21.4. The van der Waals surface area contributed by atoms with E-state index in [2.05, 4.69) is 13.5 Å². The third kappa shape index (κ3) is 5.02. The second-order valence-electron chi connectivity index (χ2n) is 7.49. The third-order valence-corrected chi connectivity index (χ3v) is 5.39. The van der Waals surface area contributed by atoms with Crippen molar-refractivity contribution in [3.05, 3.63) is 66.0 Å². The van der Waals surface area contributed by atoms with E-state index >= 15 is 0 Å². The highest BCUT2D eigenvalue weighted by molar-refractivity contribution is 5.66. The molecule has 1 aliphatic rings. The SMILES string of the molecule is C=CCOc1ccc(-c2ccc(C3CCC(CCCC)CO3)cc2F)c(F)c1F. The van der Waals surface area contributed by atoms with Gasteiger partial charge in [0.2, 0.25) is 5.82 Å². The molecule has 0 amide bonds. The minimum Gasteiger partial charge on any atom is -0.486 e. The van der Waals surface area contributed by atoms with Crippen molar-refractivity contribution in [2.45, 2.75) is 45.1 Å². The van der Waals surface area contributed by atoms with E-state index in [-0.39, 0.29) is 29.6 Å². The molecule has 0 aromatic heterocycles. The van der Waals surface area contributed by atoms with Gasteiger partial charge in [-0.2, -0.15) is 4.39 Å². The molecule has 0 saturated carbocycles. The van der Waals surface area contributed by atoms with Crippen LogP contribution >= 0.6 is 0 Å². The number of unbranched alkanes of at least 4 members (excludes halogenated alkanes) is 1. The Bertz CT molecular complexity index is 842. The second kappa shape index (κ2) is 9.97. The Morgan fingerprint density at radius 2 is 1.90 bits per heavy atom. The van der Waals surface area contributed by atoms with Gasteiger partial charge in [0, 0.05) is 11.1 Å². The average Bonchev–Trinajstić information content (AvgIpc) is 2.74. The number of halogens is 3. The van der Waals surface area contributed by atoms with Crippen molar-refractivity contribution in [1.82, 2.24) is 0 Å². The monoisotopic (exact) mass is 404 g/mol. The first-order chi connectivity index (χ1) is 14.0. The van der Waals surface area contributed by atoms with Crippen LogP contribution in [0.15, 0.2) is 43.0 Å². The van der Waals surface area contributed by atoms with Gasteiger partial charge in [-0.15, -0.1) is 0 Å². The number of hydrogen-bond donors (Lipinski definition) is 0. The molecular formula is C24H27F3O2. The van der Waals surface area contributed by atoms with Crippen LogP contribution in [0.1, 0.15) is 50.7 Å². The quantitative estimate of drug-likeness (QED) is 0.441. The maximum Gasteiger partial charge on any atom is 0.201 e. The van der Waals surface area contributed by atoms with Gasteiger partial charge < -0.3 is 9.47 Å². The molecule has 0 aliphatic carbocycles. The summed E-state index contributed by atoms with van der Waals surface area (Å²) in [5, 5.41) is 0. The fourth-order valence-corrected chi connectivity index (χ4v) is 3.74. The van der Waals surface area contributed by atoms with Crippen LogP contribution in [0.5, 0.6) is 5.75 Å². The summed E-state index contributed by atoms with van der Waals surface area (Å²) in [7, 11) is 0. The molecule has 0 bridgehead atoms. The molecule has 5 heteroatoms. The number of ether oxygens (including phenoxy) is 2. The van der Waals surface area contributed by atoms with Gasteiger partial charge in [0.05, 0.1) is 12.7 Å². The van der Waals surface area contributed by atoms with Gasteiger partial charge in [0.1, 0.15) is 12.4 Å². The van der Waals surface area contributed by atoms with Crippen molar-refractivity contribution >= 4 is 0 Å². The summed E-state index contributed by atoms with van der Waals surface area (Å²) < 4.78 is 54.5. The van der Waals surface area contributed by atoms with Crippen molar-refractivity contribution < 1.29 is 22.6 Å². The summed E-state index contributed by atoms with van der Waals surface area (Å²) in [6.45, 7) is 6.38. The standard InChI is InChI=1S/C24H27F3O2/c1-3-5-6-16-7-11-21(29-15-16)17-8-9-18(20(25)14-17)19-10-12-22(28-13-4-2)24(27)23(19)26/h4,8-10,12,14,16,21H,2-3,5-7,11,13,15H2,1H3. The van der Waals surface area contributed by atoms with Crippen molar-refractivity contribution in [2.24, 2.45) is 5.92 Å². The van der Waals surface area contributed by atoms with E-state index in [4.69, 9.17) is 9.47 Å². The van der Waals surface area contributed by atoms with E-state index in [1.807, 2.05) is 0 Å². The molecule has 2 aromatic carbocycles. The molecule has 1 saturated heterocycles. The first-order valence-electron chi connectivity index (χ1n) is 10.2. The zero-order chi connectivity index (χ0) is 20.8. The number of hydrogen-bond acceptors (Lipinski definition) is 2. The van der Waals surface area contributed by atoms with Gasteiger partial charge in [0.15, 0.2) is 11.6 Å². The zero-order valence-electron chi connectivity index (χ0n) is 16.7. The summed E-state index contributed by atoms with van der Waals surface area (Å²) in [5.41, 5.74) is 0.603.